The van der Waals surface area contributed by atoms with Gasteiger partial charge in [0.1, 0.15) is 17.1 Å². The Bertz CT molecular complexity index is 632. The molecule has 0 radical (unpaired) electrons. The number of aromatic nitrogens is 1. The average Bonchev–Trinajstić information content (AvgIpc) is 2.82. The average molecular weight is 298 g/mol. The lowest BCUT2D eigenvalue weighted by Gasteiger charge is -2.06. The first-order chi connectivity index (χ1) is 9.47. The number of esters is 1. The van der Waals surface area contributed by atoms with Crippen molar-refractivity contribution in [2.24, 2.45) is 0 Å². The maximum atomic E-state index is 14.0. The zero-order chi connectivity index (χ0) is 14.9. The molecule has 1 aromatic heterocycles. The second-order valence-corrected chi connectivity index (χ2v) is 4.92. The van der Waals surface area contributed by atoms with E-state index in [1.807, 2.05) is 13.8 Å². The van der Waals surface area contributed by atoms with Gasteiger partial charge in [0, 0.05) is 5.92 Å². The molecule has 0 amide bonds. The van der Waals surface area contributed by atoms with Gasteiger partial charge in [0.2, 0.25) is 0 Å². The summed E-state index contributed by atoms with van der Waals surface area (Å²) in [5, 5.41) is 3.95. The highest BCUT2D eigenvalue weighted by Crippen LogP contribution is 2.35. The molecule has 0 saturated carbocycles. The molecule has 0 N–H and O–H groups in total. The first-order valence-corrected chi connectivity index (χ1v) is 6.37. The van der Waals surface area contributed by atoms with Crippen molar-refractivity contribution in [1.29, 1.82) is 0 Å². The molecule has 0 aliphatic rings. The second-order valence-electron chi connectivity index (χ2n) is 4.51. The highest BCUT2D eigenvalue weighted by Gasteiger charge is 2.29. The van der Waals surface area contributed by atoms with Crippen molar-refractivity contribution in [3.8, 4) is 11.3 Å². The van der Waals surface area contributed by atoms with Gasteiger partial charge >= 0.3 is 5.97 Å². The molecule has 6 heteroatoms. The van der Waals surface area contributed by atoms with Crippen LogP contribution in [-0.4, -0.2) is 18.2 Å². The van der Waals surface area contributed by atoms with Crippen LogP contribution in [0.15, 0.2) is 22.7 Å². The third-order valence-electron chi connectivity index (χ3n) is 2.83. The van der Waals surface area contributed by atoms with Gasteiger partial charge in [-0.2, -0.15) is 0 Å². The van der Waals surface area contributed by atoms with Crippen LogP contribution in [0.25, 0.3) is 11.3 Å². The molecule has 2 rings (SSSR count). The number of rotatable bonds is 3. The molecule has 0 unspecified atom stereocenters. The first-order valence-electron chi connectivity index (χ1n) is 5.99. The molecule has 1 heterocycles. The van der Waals surface area contributed by atoms with Crippen LogP contribution in [0.3, 0.4) is 0 Å². The van der Waals surface area contributed by atoms with E-state index in [9.17, 15) is 9.18 Å². The molecule has 0 saturated heterocycles. The van der Waals surface area contributed by atoms with Crippen LogP contribution in [0.5, 0.6) is 0 Å². The van der Waals surface area contributed by atoms with Gasteiger partial charge in [-0.05, 0) is 12.1 Å². The zero-order valence-electron chi connectivity index (χ0n) is 11.2. The molecule has 0 aliphatic carbocycles. The van der Waals surface area contributed by atoms with E-state index >= 15 is 0 Å². The molecule has 20 heavy (non-hydrogen) atoms. The number of nitrogens with zero attached hydrogens (tertiary/aromatic N) is 1. The Balaban J connectivity index is 2.72. The summed E-state index contributed by atoms with van der Waals surface area (Å²) in [5.74, 6) is -0.974. The summed E-state index contributed by atoms with van der Waals surface area (Å²) >= 11 is 6.00. The largest absolute Gasteiger partial charge is 0.465 e. The lowest BCUT2D eigenvalue weighted by molar-refractivity contribution is 0.0598. The molecule has 0 fully saturated rings. The first kappa shape index (κ1) is 14.5. The minimum Gasteiger partial charge on any atom is -0.465 e. The monoisotopic (exact) mass is 297 g/mol. The number of carbonyl (C=O) groups is 1. The molecule has 0 atom stereocenters. The van der Waals surface area contributed by atoms with Crippen molar-refractivity contribution >= 4 is 17.6 Å². The van der Waals surface area contributed by atoms with Crippen LogP contribution in [0, 0.1) is 5.82 Å². The van der Waals surface area contributed by atoms with Crippen molar-refractivity contribution in [2.75, 3.05) is 7.11 Å². The third-order valence-corrected chi connectivity index (χ3v) is 3.15. The fourth-order valence-electron chi connectivity index (χ4n) is 1.89. The molecule has 0 bridgehead atoms. The summed E-state index contributed by atoms with van der Waals surface area (Å²) in [4.78, 5) is 11.9. The van der Waals surface area contributed by atoms with Crippen molar-refractivity contribution in [3.63, 3.8) is 0 Å². The smallest absolute Gasteiger partial charge is 0.343 e. The van der Waals surface area contributed by atoms with Gasteiger partial charge in [0.15, 0.2) is 5.76 Å². The topological polar surface area (TPSA) is 52.3 Å². The zero-order valence-corrected chi connectivity index (χ0v) is 12.0. The predicted molar refractivity (Wildman–Crippen MR) is 72.3 cm³/mol. The van der Waals surface area contributed by atoms with Crippen molar-refractivity contribution in [3.05, 3.63) is 40.4 Å². The number of halogens is 2. The number of methoxy groups -OCH3 is 1. The van der Waals surface area contributed by atoms with Crippen LogP contribution >= 0.6 is 11.6 Å². The molecule has 2 aromatic rings. The molecule has 1 aromatic carbocycles. The van der Waals surface area contributed by atoms with Crippen molar-refractivity contribution in [2.45, 2.75) is 19.8 Å². The minimum absolute atomic E-state index is 0.0326. The van der Waals surface area contributed by atoms with Gasteiger partial charge in [-0.15, -0.1) is 0 Å². The Morgan fingerprint density at radius 2 is 2.15 bits per heavy atom. The van der Waals surface area contributed by atoms with E-state index in [-0.39, 0.29) is 27.8 Å². The van der Waals surface area contributed by atoms with E-state index < -0.39 is 11.8 Å². The molecule has 0 spiro atoms. The summed E-state index contributed by atoms with van der Waals surface area (Å²) in [6.07, 6.45) is 0. The van der Waals surface area contributed by atoms with Crippen LogP contribution in [0.4, 0.5) is 4.39 Å². The second kappa shape index (κ2) is 5.63. The number of carbonyl (C=O) groups excluding carboxylic acids is 1. The Morgan fingerprint density at radius 1 is 1.45 bits per heavy atom. The summed E-state index contributed by atoms with van der Waals surface area (Å²) in [6.45, 7) is 3.67. The fraction of sp³-hybridized carbons (Fsp3) is 0.286. The van der Waals surface area contributed by atoms with E-state index in [1.54, 1.807) is 0 Å². The Labute approximate surface area is 120 Å². The lowest BCUT2D eigenvalue weighted by Crippen LogP contribution is -2.06. The number of benzene rings is 1. The normalized spacial score (nSPS) is 10.9. The highest BCUT2D eigenvalue weighted by molar-refractivity contribution is 6.33. The van der Waals surface area contributed by atoms with Gasteiger partial charge in [-0.3, -0.25) is 0 Å². The van der Waals surface area contributed by atoms with Gasteiger partial charge in [-0.1, -0.05) is 36.7 Å². The molecule has 4 nitrogen and oxygen atoms in total. The number of ether oxygens (including phenoxy) is 1. The summed E-state index contributed by atoms with van der Waals surface area (Å²) in [6, 6.07) is 4.24. The SMILES string of the molecule is COC(=O)c1c(-c2c(F)cccc2Cl)noc1C(C)C. The van der Waals surface area contributed by atoms with Crippen LogP contribution in [-0.2, 0) is 4.74 Å². The Hall–Kier alpha value is -1.88. The molecular weight excluding hydrogens is 285 g/mol. The van der Waals surface area contributed by atoms with Gasteiger partial charge in [0.25, 0.3) is 0 Å². The Morgan fingerprint density at radius 3 is 2.70 bits per heavy atom. The third kappa shape index (κ3) is 2.41. The van der Waals surface area contributed by atoms with Crippen molar-refractivity contribution in [1.82, 2.24) is 5.16 Å². The summed E-state index contributed by atoms with van der Waals surface area (Å²) < 4.78 is 23.9. The van der Waals surface area contributed by atoms with Crippen LogP contribution in [0.1, 0.15) is 35.9 Å². The summed E-state index contributed by atoms with van der Waals surface area (Å²) in [5.41, 5.74) is 0.198. The number of hydrogen-bond acceptors (Lipinski definition) is 4. The van der Waals surface area contributed by atoms with Gasteiger partial charge in [0.05, 0.1) is 17.7 Å². The molecular formula is C14H13ClFNO3. The van der Waals surface area contributed by atoms with Crippen LogP contribution < -0.4 is 0 Å². The molecule has 0 aliphatic heterocycles. The van der Waals surface area contributed by atoms with E-state index in [4.69, 9.17) is 20.9 Å². The van der Waals surface area contributed by atoms with E-state index in [0.29, 0.717) is 5.76 Å². The summed E-state index contributed by atoms with van der Waals surface area (Å²) in [7, 11) is 1.24. The standard InChI is InChI=1S/C14H13ClFNO3/c1-7(2)13-11(14(18)19-3)12(17-20-13)10-8(15)5-4-6-9(10)16/h4-7H,1-3H3. The molecule has 106 valence electrons. The lowest BCUT2D eigenvalue weighted by atomic mass is 10.0. The minimum atomic E-state index is -0.635. The van der Waals surface area contributed by atoms with Gasteiger partial charge in [-0.25, -0.2) is 9.18 Å². The van der Waals surface area contributed by atoms with Crippen LogP contribution in [0.2, 0.25) is 5.02 Å². The fourth-order valence-corrected chi connectivity index (χ4v) is 2.14. The van der Waals surface area contributed by atoms with E-state index in [1.165, 1.54) is 25.3 Å². The van der Waals surface area contributed by atoms with Crippen molar-refractivity contribution < 1.29 is 18.4 Å². The number of hydrogen-bond donors (Lipinski definition) is 0. The maximum absolute atomic E-state index is 14.0. The van der Waals surface area contributed by atoms with E-state index in [0.717, 1.165) is 0 Å². The van der Waals surface area contributed by atoms with E-state index in [2.05, 4.69) is 5.16 Å². The highest BCUT2D eigenvalue weighted by atomic mass is 35.5. The quantitative estimate of drug-likeness (QED) is 0.802. The van der Waals surface area contributed by atoms with Gasteiger partial charge < -0.3 is 9.26 Å². The Kier molecular flexibility index (Phi) is 4.09. The predicted octanol–water partition coefficient (Wildman–Crippen LogP) is 4.04. The maximum Gasteiger partial charge on any atom is 0.343 e.